The van der Waals surface area contributed by atoms with Gasteiger partial charge in [-0.3, -0.25) is 4.79 Å². The summed E-state index contributed by atoms with van der Waals surface area (Å²) in [6.07, 6.45) is 0. The lowest BCUT2D eigenvalue weighted by Crippen LogP contribution is -2.32. The lowest BCUT2D eigenvalue weighted by Gasteiger charge is -2.27. The van der Waals surface area contributed by atoms with Crippen LogP contribution in [0.25, 0.3) is 0 Å². The number of carbonyl (C=O) groups is 1. The van der Waals surface area contributed by atoms with Crippen molar-refractivity contribution in [2.24, 2.45) is 5.73 Å². The van der Waals surface area contributed by atoms with Crippen molar-refractivity contribution >= 4 is 23.5 Å². The van der Waals surface area contributed by atoms with E-state index in [4.69, 9.17) is 17.3 Å². The molecule has 1 amide bonds. The van der Waals surface area contributed by atoms with Gasteiger partial charge >= 0.3 is 0 Å². The number of fused-ring (bicyclic) bond motifs is 1. The number of nitrogens with one attached hydrogen (secondary N) is 1. The molecule has 2 heterocycles. The number of hydrogen-bond donors (Lipinski definition) is 2. The summed E-state index contributed by atoms with van der Waals surface area (Å²) < 4.78 is 1.49. The van der Waals surface area contributed by atoms with Gasteiger partial charge in [0.15, 0.2) is 0 Å². The number of carbonyl (C=O) groups excluding carboxylic acids is 1. The number of primary amides is 1. The molecule has 1 aromatic carbocycles. The summed E-state index contributed by atoms with van der Waals surface area (Å²) in [6, 6.07) is 6.68. The first-order chi connectivity index (χ1) is 9.59. The minimum Gasteiger partial charge on any atom is -0.366 e. The van der Waals surface area contributed by atoms with Crippen molar-refractivity contribution in [1.29, 1.82) is 0 Å². The normalized spacial score (nSPS) is 17.6. The number of allylic oxidation sites excluding steroid dienone is 1. The summed E-state index contributed by atoms with van der Waals surface area (Å²) in [7, 11) is 0. The quantitative estimate of drug-likeness (QED) is 0.863. The minimum atomic E-state index is -0.541. The Morgan fingerprint density at radius 3 is 2.90 bits per heavy atom. The Balaban J connectivity index is 2.25. The summed E-state index contributed by atoms with van der Waals surface area (Å²) >= 11 is 6.23. The number of aromatic nitrogens is 4. The molecule has 1 atom stereocenters. The number of hydrogen-bond acceptors (Lipinski definition) is 5. The van der Waals surface area contributed by atoms with Gasteiger partial charge in [-0.05, 0) is 23.4 Å². The van der Waals surface area contributed by atoms with Gasteiger partial charge in [-0.25, -0.2) is 0 Å². The molecule has 8 heteroatoms. The van der Waals surface area contributed by atoms with Crippen molar-refractivity contribution in [3.63, 3.8) is 0 Å². The molecule has 1 aliphatic rings. The zero-order chi connectivity index (χ0) is 14.3. The van der Waals surface area contributed by atoms with Gasteiger partial charge in [-0.2, -0.15) is 4.68 Å². The highest BCUT2D eigenvalue weighted by molar-refractivity contribution is 6.31. The van der Waals surface area contributed by atoms with E-state index in [1.165, 1.54) is 4.68 Å². The van der Waals surface area contributed by atoms with Gasteiger partial charge in [0.1, 0.15) is 6.04 Å². The fraction of sp³-hybridized carbons (Fsp3) is 0.167. The number of benzene rings is 1. The second-order valence-corrected chi connectivity index (χ2v) is 4.81. The van der Waals surface area contributed by atoms with Crippen molar-refractivity contribution in [1.82, 2.24) is 20.2 Å². The van der Waals surface area contributed by atoms with Crippen LogP contribution in [0, 0.1) is 0 Å². The second kappa shape index (κ2) is 4.61. The Morgan fingerprint density at radius 2 is 2.20 bits per heavy atom. The van der Waals surface area contributed by atoms with E-state index in [0.29, 0.717) is 22.2 Å². The fourth-order valence-electron chi connectivity index (χ4n) is 2.32. The number of amides is 1. The number of halogens is 1. The lowest BCUT2D eigenvalue weighted by molar-refractivity contribution is -0.115. The molecule has 0 saturated carbocycles. The molecule has 7 nitrogen and oxygen atoms in total. The van der Waals surface area contributed by atoms with Crippen molar-refractivity contribution < 1.29 is 4.79 Å². The molecule has 0 radical (unpaired) electrons. The first kappa shape index (κ1) is 12.6. The van der Waals surface area contributed by atoms with Crippen LogP contribution in [-0.2, 0) is 4.79 Å². The summed E-state index contributed by atoms with van der Waals surface area (Å²) in [6.45, 7) is 1.75. The topological polar surface area (TPSA) is 98.7 Å². The molecule has 0 fully saturated rings. The summed E-state index contributed by atoms with van der Waals surface area (Å²) in [4.78, 5) is 11.8. The number of nitrogens with two attached hydrogens (primary N) is 1. The second-order valence-electron chi connectivity index (χ2n) is 4.40. The molecule has 1 aromatic heterocycles. The van der Waals surface area contributed by atoms with Crippen molar-refractivity contribution in [2.45, 2.75) is 13.0 Å². The Hall–Kier alpha value is -2.41. The third-order valence-electron chi connectivity index (χ3n) is 3.18. The van der Waals surface area contributed by atoms with E-state index in [9.17, 15) is 4.79 Å². The predicted molar refractivity (Wildman–Crippen MR) is 72.9 cm³/mol. The van der Waals surface area contributed by atoms with Crippen LogP contribution in [0.15, 0.2) is 35.5 Å². The molecular weight excluding hydrogens is 280 g/mol. The van der Waals surface area contributed by atoms with Gasteiger partial charge in [0.25, 0.3) is 0 Å². The van der Waals surface area contributed by atoms with Crippen LogP contribution in [0.1, 0.15) is 18.5 Å². The van der Waals surface area contributed by atoms with E-state index >= 15 is 0 Å². The van der Waals surface area contributed by atoms with Gasteiger partial charge < -0.3 is 11.1 Å². The van der Waals surface area contributed by atoms with Crippen molar-refractivity contribution in [3.8, 4) is 0 Å². The molecule has 1 unspecified atom stereocenters. The molecule has 0 bridgehead atoms. The van der Waals surface area contributed by atoms with E-state index in [1.54, 1.807) is 13.0 Å². The zero-order valence-electron chi connectivity index (χ0n) is 10.5. The van der Waals surface area contributed by atoms with Crippen LogP contribution in [-0.4, -0.2) is 26.1 Å². The molecule has 20 heavy (non-hydrogen) atoms. The average Bonchev–Trinajstić information content (AvgIpc) is 2.85. The Bertz CT molecular complexity index is 722. The van der Waals surface area contributed by atoms with Crippen LogP contribution in [0.2, 0.25) is 5.02 Å². The highest BCUT2D eigenvalue weighted by Crippen LogP contribution is 2.36. The number of anilines is 1. The monoisotopic (exact) mass is 290 g/mol. The van der Waals surface area contributed by atoms with E-state index in [2.05, 4.69) is 20.8 Å². The molecule has 1 aliphatic heterocycles. The van der Waals surface area contributed by atoms with Gasteiger partial charge in [0.05, 0.1) is 5.57 Å². The Kier molecular flexibility index (Phi) is 2.90. The minimum absolute atomic E-state index is 0.387. The average molecular weight is 291 g/mol. The number of nitrogens with zero attached hydrogens (tertiary/aromatic N) is 4. The van der Waals surface area contributed by atoms with Crippen LogP contribution >= 0.6 is 11.6 Å². The standard InChI is InChI=1S/C12H11ClN6O/c1-6-9(11(14)20)10(7-4-2-3-5-8(7)13)19-12(15-6)16-17-18-19/h2-5,10H,1H3,(H2,14,20)(H,15,16,18). The molecule has 3 N–H and O–H groups in total. The molecule has 102 valence electrons. The van der Waals surface area contributed by atoms with E-state index in [-0.39, 0.29) is 0 Å². The van der Waals surface area contributed by atoms with Crippen molar-refractivity contribution in [2.75, 3.05) is 5.32 Å². The van der Waals surface area contributed by atoms with Gasteiger partial charge in [-0.1, -0.05) is 34.9 Å². The fourth-order valence-corrected chi connectivity index (χ4v) is 2.55. The van der Waals surface area contributed by atoms with Gasteiger partial charge in [0.2, 0.25) is 11.9 Å². The third kappa shape index (κ3) is 1.83. The Morgan fingerprint density at radius 1 is 1.45 bits per heavy atom. The number of rotatable bonds is 2. The van der Waals surface area contributed by atoms with E-state index in [0.717, 1.165) is 5.56 Å². The summed E-state index contributed by atoms with van der Waals surface area (Å²) in [5.74, 6) is -0.0986. The van der Waals surface area contributed by atoms with Crippen LogP contribution < -0.4 is 11.1 Å². The smallest absolute Gasteiger partial charge is 0.248 e. The lowest BCUT2D eigenvalue weighted by atomic mass is 9.95. The summed E-state index contributed by atoms with van der Waals surface area (Å²) in [5, 5.41) is 14.9. The molecule has 0 saturated heterocycles. The largest absolute Gasteiger partial charge is 0.366 e. The molecule has 3 rings (SSSR count). The maximum Gasteiger partial charge on any atom is 0.248 e. The molecule has 0 aliphatic carbocycles. The Labute approximate surface area is 119 Å². The zero-order valence-corrected chi connectivity index (χ0v) is 11.3. The molecular formula is C12H11ClN6O. The highest BCUT2D eigenvalue weighted by atomic mass is 35.5. The van der Waals surface area contributed by atoms with Gasteiger partial charge in [-0.15, -0.1) is 0 Å². The third-order valence-corrected chi connectivity index (χ3v) is 3.52. The maximum absolute atomic E-state index is 11.8. The highest BCUT2D eigenvalue weighted by Gasteiger charge is 2.33. The maximum atomic E-state index is 11.8. The van der Waals surface area contributed by atoms with Crippen LogP contribution in [0.3, 0.4) is 0 Å². The molecule has 2 aromatic rings. The summed E-state index contributed by atoms with van der Waals surface area (Å²) in [5.41, 5.74) is 7.22. The molecule has 0 spiro atoms. The van der Waals surface area contributed by atoms with E-state index in [1.807, 2.05) is 18.2 Å². The first-order valence-corrected chi connectivity index (χ1v) is 6.27. The number of tetrazole rings is 1. The SMILES string of the molecule is CC1=C(C(N)=O)C(c2ccccc2Cl)n2nnnc2N1. The van der Waals surface area contributed by atoms with Gasteiger partial charge in [0, 0.05) is 16.3 Å². The predicted octanol–water partition coefficient (Wildman–Crippen LogP) is 1.10. The van der Waals surface area contributed by atoms with Crippen LogP contribution in [0.4, 0.5) is 5.95 Å². The first-order valence-electron chi connectivity index (χ1n) is 5.89. The van der Waals surface area contributed by atoms with E-state index < -0.39 is 11.9 Å². The van der Waals surface area contributed by atoms with Crippen molar-refractivity contribution in [3.05, 3.63) is 46.1 Å². The van der Waals surface area contributed by atoms with Crippen LogP contribution in [0.5, 0.6) is 0 Å².